The summed E-state index contributed by atoms with van der Waals surface area (Å²) < 4.78 is 35.5. The van der Waals surface area contributed by atoms with Crippen molar-refractivity contribution in [2.24, 2.45) is 0 Å². The van der Waals surface area contributed by atoms with Crippen molar-refractivity contribution in [3.8, 4) is 0 Å². The number of amides is 1. The number of fused-ring (bicyclic) bond motifs is 1. The van der Waals surface area contributed by atoms with Crippen LogP contribution in [0.1, 0.15) is 72.9 Å². The molecular formula is C29H43F2N3O2. The van der Waals surface area contributed by atoms with Gasteiger partial charge in [0.25, 0.3) is 0 Å². The molecule has 0 aromatic heterocycles. The van der Waals surface area contributed by atoms with E-state index in [-0.39, 0.29) is 12.5 Å². The van der Waals surface area contributed by atoms with Crippen LogP contribution in [0.15, 0.2) is 41.2 Å². The zero-order valence-corrected chi connectivity index (χ0v) is 23.5. The molecule has 2 unspecified atom stereocenters. The largest absolute Gasteiger partial charge is 0.444 e. The monoisotopic (exact) mass is 503 g/mol. The summed E-state index contributed by atoms with van der Waals surface area (Å²) in [7, 11) is 1.98. The van der Waals surface area contributed by atoms with E-state index in [0.717, 1.165) is 42.2 Å². The smallest absolute Gasteiger partial charge is 0.410 e. The molecule has 0 bridgehead atoms. The number of carbonyl (C=O) groups excluding carboxylic acids is 1. The van der Waals surface area contributed by atoms with Crippen molar-refractivity contribution in [3.05, 3.63) is 52.4 Å². The first-order chi connectivity index (χ1) is 16.6. The van der Waals surface area contributed by atoms with Crippen molar-refractivity contribution in [1.29, 1.82) is 0 Å². The van der Waals surface area contributed by atoms with E-state index < -0.39 is 16.9 Å². The Labute approximate surface area is 215 Å². The third kappa shape index (κ3) is 5.70. The summed E-state index contributed by atoms with van der Waals surface area (Å²) >= 11 is 0. The van der Waals surface area contributed by atoms with E-state index in [9.17, 15) is 9.18 Å². The Morgan fingerprint density at radius 3 is 2.25 bits per heavy atom. The van der Waals surface area contributed by atoms with Gasteiger partial charge in [0.2, 0.25) is 0 Å². The van der Waals surface area contributed by atoms with Crippen LogP contribution >= 0.6 is 0 Å². The van der Waals surface area contributed by atoms with Crippen molar-refractivity contribution in [1.82, 2.24) is 9.80 Å². The standard InChI is InChI=1S/C29H43F2N3O2/c1-10-20(2)25(33-13-15-34(16-14-33)26(35)36-27(4,5)6)17-21(3)32(9)23-11-12-24-22(18-23)19-28(7,30)29(24,8)31/h11-12,17-18H,10,13-16,19H2,1-9H3/b21-17-,25-20?. The number of anilines is 1. The number of nitrogens with zero attached hydrogens (tertiary/aromatic N) is 3. The Kier molecular flexibility index (Phi) is 7.83. The summed E-state index contributed by atoms with van der Waals surface area (Å²) in [5.74, 6) is 0. The quantitative estimate of drug-likeness (QED) is 0.417. The minimum absolute atomic E-state index is 0.0712. The number of rotatable bonds is 5. The lowest BCUT2D eigenvalue weighted by Gasteiger charge is -2.38. The van der Waals surface area contributed by atoms with Crippen LogP contribution in [0.5, 0.6) is 0 Å². The molecule has 1 aliphatic heterocycles. The van der Waals surface area contributed by atoms with Gasteiger partial charge in [-0.3, -0.25) is 0 Å². The van der Waals surface area contributed by atoms with E-state index in [0.29, 0.717) is 18.7 Å². The third-order valence-corrected chi connectivity index (χ3v) is 7.60. The maximum atomic E-state index is 15.1. The maximum Gasteiger partial charge on any atom is 0.410 e. The molecule has 200 valence electrons. The fourth-order valence-electron chi connectivity index (χ4n) is 4.82. The van der Waals surface area contributed by atoms with Gasteiger partial charge in [0.1, 0.15) is 11.3 Å². The molecule has 1 aromatic carbocycles. The fourth-order valence-corrected chi connectivity index (χ4v) is 4.82. The highest BCUT2D eigenvalue weighted by Gasteiger charge is 2.53. The first-order valence-corrected chi connectivity index (χ1v) is 12.9. The summed E-state index contributed by atoms with van der Waals surface area (Å²) in [5, 5.41) is 0. The van der Waals surface area contributed by atoms with Gasteiger partial charge >= 0.3 is 6.09 Å². The Bertz CT molecular complexity index is 1050. The van der Waals surface area contributed by atoms with E-state index >= 15 is 4.39 Å². The highest BCUT2D eigenvalue weighted by molar-refractivity contribution is 5.68. The zero-order chi connectivity index (χ0) is 27.1. The van der Waals surface area contributed by atoms with Gasteiger partial charge in [0, 0.05) is 56.7 Å². The molecular weight excluding hydrogens is 460 g/mol. The van der Waals surface area contributed by atoms with E-state index in [4.69, 9.17) is 4.74 Å². The first kappa shape index (κ1) is 28.0. The van der Waals surface area contributed by atoms with Gasteiger partial charge in [-0.25, -0.2) is 13.6 Å². The van der Waals surface area contributed by atoms with Crippen LogP contribution in [0.2, 0.25) is 0 Å². The summed E-state index contributed by atoms with van der Waals surface area (Å²) in [6.45, 7) is 17.3. The lowest BCUT2D eigenvalue weighted by Crippen LogP contribution is -2.49. The van der Waals surface area contributed by atoms with E-state index in [2.05, 4.69) is 29.7 Å². The molecule has 7 heteroatoms. The van der Waals surface area contributed by atoms with Gasteiger partial charge in [0.05, 0.1) is 0 Å². The number of alkyl halides is 2. The number of hydrogen-bond donors (Lipinski definition) is 0. The van der Waals surface area contributed by atoms with Crippen molar-refractivity contribution in [3.63, 3.8) is 0 Å². The van der Waals surface area contributed by atoms with Crippen molar-refractivity contribution in [2.45, 2.75) is 85.2 Å². The summed E-state index contributed by atoms with van der Waals surface area (Å²) in [6, 6.07) is 5.50. The van der Waals surface area contributed by atoms with Crippen LogP contribution in [-0.2, 0) is 16.8 Å². The molecule has 1 aliphatic carbocycles. The van der Waals surface area contributed by atoms with Crippen molar-refractivity contribution in [2.75, 3.05) is 38.1 Å². The average molecular weight is 504 g/mol. The van der Waals surface area contributed by atoms with E-state index in [1.807, 2.05) is 46.9 Å². The first-order valence-electron chi connectivity index (χ1n) is 12.9. The van der Waals surface area contributed by atoms with E-state index in [1.54, 1.807) is 11.0 Å². The SMILES string of the molecule is CCC(C)=C(/C=C(/C)N(C)c1ccc2c(c1)CC(C)(F)C2(C)F)N1CCN(C(=O)OC(C)(C)C)CC1. The lowest BCUT2D eigenvalue weighted by molar-refractivity contribution is -0.00159. The van der Waals surface area contributed by atoms with Crippen LogP contribution in [0.3, 0.4) is 0 Å². The van der Waals surface area contributed by atoms with Crippen LogP contribution in [0.25, 0.3) is 0 Å². The molecule has 1 amide bonds. The van der Waals surface area contributed by atoms with Gasteiger partial charge in [-0.1, -0.05) is 18.6 Å². The van der Waals surface area contributed by atoms with Crippen LogP contribution < -0.4 is 4.90 Å². The Morgan fingerprint density at radius 1 is 1.11 bits per heavy atom. The minimum atomic E-state index is -1.99. The number of carbonyl (C=O) groups is 1. The molecule has 36 heavy (non-hydrogen) atoms. The second-order valence-corrected chi connectivity index (χ2v) is 11.5. The Hall–Kier alpha value is -2.57. The van der Waals surface area contributed by atoms with Gasteiger partial charge in [-0.15, -0.1) is 0 Å². The molecule has 1 aromatic rings. The van der Waals surface area contributed by atoms with Crippen LogP contribution in [0, 0.1) is 0 Å². The molecule has 2 aliphatic rings. The minimum Gasteiger partial charge on any atom is -0.444 e. The van der Waals surface area contributed by atoms with Gasteiger partial charge in [-0.05, 0) is 84.2 Å². The predicted molar refractivity (Wildman–Crippen MR) is 143 cm³/mol. The normalized spacial score (nSPS) is 25.5. The number of allylic oxidation sites excluding steroid dienone is 3. The summed E-state index contributed by atoms with van der Waals surface area (Å²) in [6.07, 6.45) is 2.89. The molecule has 0 saturated carbocycles. The second-order valence-electron chi connectivity index (χ2n) is 11.5. The van der Waals surface area contributed by atoms with Crippen LogP contribution in [0.4, 0.5) is 19.3 Å². The van der Waals surface area contributed by atoms with Crippen molar-refractivity contribution >= 4 is 11.8 Å². The van der Waals surface area contributed by atoms with Gasteiger partial charge < -0.3 is 19.4 Å². The molecule has 2 atom stereocenters. The summed E-state index contributed by atoms with van der Waals surface area (Å²) in [4.78, 5) is 18.6. The maximum absolute atomic E-state index is 15.1. The van der Waals surface area contributed by atoms with Gasteiger partial charge in [0.15, 0.2) is 5.67 Å². The molecule has 0 radical (unpaired) electrons. The molecule has 1 fully saturated rings. The molecule has 0 N–H and O–H groups in total. The molecule has 1 saturated heterocycles. The molecule has 5 nitrogen and oxygen atoms in total. The Morgan fingerprint density at radius 2 is 1.69 bits per heavy atom. The molecule has 1 heterocycles. The number of piperazine rings is 1. The summed E-state index contributed by atoms with van der Waals surface area (Å²) in [5.41, 5.74) is 1.11. The zero-order valence-electron chi connectivity index (χ0n) is 23.5. The van der Waals surface area contributed by atoms with E-state index in [1.165, 1.54) is 19.4 Å². The number of ether oxygens (including phenoxy) is 1. The molecule has 3 rings (SSSR count). The topological polar surface area (TPSA) is 36.0 Å². The third-order valence-electron chi connectivity index (χ3n) is 7.60. The predicted octanol–water partition coefficient (Wildman–Crippen LogP) is 6.73. The fraction of sp³-hybridized carbons (Fsp3) is 0.621. The highest BCUT2D eigenvalue weighted by atomic mass is 19.2. The number of hydrogen-bond acceptors (Lipinski definition) is 4. The lowest BCUT2D eigenvalue weighted by atomic mass is 9.90. The average Bonchev–Trinajstić information content (AvgIpc) is 2.98. The second kappa shape index (κ2) is 10.1. The highest BCUT2D eigenvalue weighted by Crippen LogP contribution is 2.50. The molecule has 0 spiro atoms. The van der Waals surface area contributed by atoms with Crippen LogP contribution in [-0.4, -0.2) is 60.4 Å². The van der Waals surface area contributed by atoms with Crippen molar-refractivity contribution < 1.29 is 18.3 Å². The van der Waals surface area contributed by atoms with Gasteiger partial charge in [-0.2, -0.15) is 0 Å². The Balaban J connectivity index is 1.77. The number of halogens is 2. The number of benzene rings is 1.